The summed E-state index contributed by atoms with van der Waals surface area (Å²) in [6.45, 7) is 1.86. The SMILES string of the molecule is Cc1cc(Br)c(NN=C(C#N)C#N)c(Br)c1Cl. The summed E-state index contributed by atoms with van der Waals surface area (Å²) in [6, 6.07) is 5.11. The van der Waals surface area contributed by atoms with Gasteiger partial charge in [-0.1, -0.05) is 11.6 Å². The lowest BCUT2D eigenvalue weighted by molar-refractivity contribution is 1.30. The van der Waals surface area contributed by atoms with Gasteiger partial charge in [0.05, 0.1) is 15.2 Å². The van der Waals surface area contributed by atoms with Gasteiger partial charge in [0.1, 0.15) is 12.1 Å². The predicted molar refractivity (Wildman–Crippen MR) is 73.9 cm³/mol. The van der Waals surface area contributed by atoms with Gasteiger partial charge < -0.3 is 0 Å². The molecule has 0 unspecified atom stereocenters. The molecule has 0 spiro atoms. The second-order valence-corrected chi connectivity index (χ2v) is 5.00. The second-order valence-electron chi connectivity index (χ2n) is 2.97. The van der Waals surface area contributed by atoms with Gasteiger partial charge in [0, 0.05) is 4.47 Å². The largest absolute Gasteiger partial charge is 0.274 e. The van der Waals surface area contributed by atoms with Crippen LogP contribution in [0.5, 0.6) is 0 Å². The van der Waals surface area contributed by atoms with Crippen LogP contribution in [0, 0.1) is 29.6 Å². The van der Waals surface area contributed by atoms with Gasteiger partial charge in [0.15, 0.2) is 0 Å². The molecule has 17 heavy (non-hydrogen) atoms. The molecule has 7 heteroatoms. The summed E-state index contributed by atoms with van der Waals surface area (Å²) in [7, 11) is 0. The maximum Gasteiger partial charge on any atom is 0.237 e. The van der Waals surface area contributed by atoms with E-state index in [1.807, 2.05) is 13.0 Å². The van der Waals surface area contributed by atoms with Crippen LogP contribution in [-0.2, 0) is 0 Å². The Morgan fingerprint density at radius 3 is 2.53 bits per heavy atom. The molecular weight excluding hydrogens is 371 g/mol. The highest BCUT2D eigenvalue weighted by atomic mass is 79.9. The summed E-state index contributed by atoms with van der Waals surface area (Å²) in [5.41, 5.74) is 3.80. The van der Waals surface area contributed by atoms with Crippen molar-refractivity contribution in [2.75, 3.05) is 5.43 Å². The standard InChI is InChI=1S/C10H5Br2ClN4/c1-5-2-7(11)10(8(12)9(5)13)17-16-6(3-14)4-15/h2,17H,1H3. The smallest absolute Gasteiger partial charge is 0.237 e. The van der Waals surface area contributed by atoms with Gasteiger partial charge in [-0.15, -0.1) is 0 Å². The van der Waals surface area contributed by atoms with Crippen LogP contribution in [0.25, 0.3) is 0 Å². The molecule has 0 atom stereocenters. The van der Waals surface area contributed by atoms with Crippen LogP contribution in [0.1, 0.15) is 5.56 Å². The molecule has 0 bridgehead atoms. The van der Waals surface area contributed by atoms with E-state index in [4.69, 9.17) is 22.1 Å². The molecular formula is C10H5Br2ClN4. The Bertz CT molecular complexity index is 553. The molecule has 0 aliphatic carbocycles. The van der Waals surface area contributed by atoms with Crippen LogP contribution in [0.15, 0.2) is 20.1 Å². The first-order valence-electron chi connectivity index (χ1n) is 4.29. The first-order chi connectivity index (χ1) is 8.01. The molecule has 0 fully saturated rings. The number of anilines is 1. The third kappa shape index (κ3) is 3.19. The predicted octanol–water partition coefficient (Wildman–Crippen LogP) is 3.99. The Hall–Kier alpha value is -1.08. The van der Waals surface area contributed by atoms with Crippen molar-refractivity contribution in [3.63, 3.8) is 0 Å². The first-order valence-corrected chi connectivity index (χ1v) is 6.25. The van der Waals surface area contributed by atoms with Crippen LogP contribution in [0.3, 0.4) is 0 Å². The van der Waals surface area contributed by atoms with E-state index in [1.54, 1.807) is 12.1 Å². The first kappa shape index (κ1) is 14.0. The number of halogens is 3. The number of aryl methyl sites for hydroxylation is 1. The van der Waals surface area contributed by atoms with Gasteiger partial charge in [-0.3, -0.25) is 5.43 Å². The summed E-state index contributed by atoms with van der Waals surface area (Å²) in [6.07, 6.45) is 0. The van der Waals surface area contributed by atoms with Gasteiger partial charge in [-0.25, -0.2) is 0 Å². The molecule has 86 valence electrons. The van der Waals surface area contributed by atoms with E-state index in [0.717, 1.165) is 10.0 Å². The lowest BCUT2D eigenvalue weighted by atomic mass is 10.2. The van der Waals surface area contributed by atoms with E-state index < -0.39 is 0 Å². The van der Waals surface area contributed by atoms with E-state index in [9.17, 15) is 0 Å². The fourth-order valence-corrected chi connectivity index (χ4v) is 2.66. The second kappa shape index (κ2) is 6.02. The minimum atomic E-state index is -0.263. The van der Waals surface area contributed by atoms with Crippen molar-refractivity contribution in [3.05, 3.63) is 25.6 Å². The average molecular weight is 376 g/mol. The fourth-order valence-electron chi connectivity index (χ4n) is 1.00. The van der Waals surface area contributed by atoms with Crippen molar-refractivity contribution in [2.45, 2.75) is 6.92 Å². The summed E-state index contributed by atoms with van der Waals surface area (Å²) >= 11 is 12.7. The molecule has 0 aliphatic rings. The zero-order chi connectivity index (χ0) is 13.0. The summed E-state index contributed by atoms with van der Waals surface area (Å²) in [5.74, 6) is 0. The Balaban J connectivity index is 3.18. The summed E-state index contributed by atoms with van der Waals surface area (Å²) in [5, 5.41) is 21.3. The molecule has 1 aromatic rings. The third-order valence-electron chi connectivity index (χ3n) is 1.83. The molecule has 1 N–H and O–H groups in total. The Labute approximate surface area is 120 Å². The number of rotatable bonds is 2. The van der Waals surface area contributed by atoms with E-state index in [1.165, 1.54) is 0 Å². The number of nitrogens with zero attached hydrogens (tertiary/aromatic N) is 3. The highest BCUT2D eigenvalue weighted by molar-refractivity contribution is 9.11. The van der Waals surface area contributed by atoms with Crippen molar-refractivity contribution in [1.82, 2.24) is 0 Å². The van der Waals surface area contributed by atoms with Gasteiger partial charge in [-0.2, -0.15) is 15.6 Å². The van der Waals surface area contributed by atoms with Crippen LogP contribution in [0.2, 0.25) is 5.02 Å². The monoisotopic (exact) mass is 374 g/mol. The maximum absolute atomic E-state index is 8.55. The third-order valence-corrected chi connectivity index (χ3v) is 3.97. The number of benzene rings is 1. The minimum absolute atomic E-state index is 0.263. The number of nitriles is 2. The quantitative estimate of drug-likeness (QED) is 0.482. The molecule has 1 aromatic carbocycles. The topological polar surface area (TPSA) is 72.0 Å². The Morgan fingerprint density at radius 1 is 1.41 bits per heavy atom. The fraction of sp³-hybridized carbons (Fsp3) is 0.100. The zero-order valence-electron chi connectivity index (χ0n) is 8.55. The minimum Gasteiger partial charge on any atom is -0.274 e. The number of hydrazone groups is 1. The van der Waals surface area contributed by atoms with Gasteiger partial charge in [0.2, 0.25) is 5.71 Å². The van der Waals surface area contributed by atoms with Crippen molar-refractivity contribution < 1.29 is 0 Å². The van der Waals surface area contributed by atoms with Gasteiger partial charge in [0.25, 0.3) is 0 Å². The molecule has 4 nitrogen and oxygen atoms in total. The summed E-state index contributed by atoms with van der Waals surface area (Å²) in [4.78, 5) is 0. The lowest BCUT2D eigenvalue weighted by Gasteiger charge is -2.10. The number of hydrogen-bond donors (Lipinski definition) is 1. The highest BCUT2D eigenvalue weighted by Crippen LogP contribution is 2.38. The lowest BCUT2D eigenvalue weighted by Crippen LogP contribution is -1.98. The Morgan fingerprint density at radius 2 is 2.00 bits per heavy atom. The molecule has 0 aliphatic heterocycles. The van der Waals surface area contributed by atoms with Gasteiger partial charge in [-0.05, 0) is 50.4 Å². The molecule has 0 saturated carbocycles. The van der Waals surface area contributed by atoms with Crippen molar-refractivity contribution in [3.8, 4) is 12.1 Å². The van der Waals surface area contributed by atoms with E-state index in [0.29, 0.717) is 15.2 Å². The molecule has 0 amide bonds. The highest BCUT2D eigenvalue weighted by Gasteiger charge is 2.11. The van der Waals surface area contributed by atoms with Crippen LogP contribution in [0.4, 0.5) is 5.69 Å². The van der Waals surface area contributed by atoms with E-state index in [2.05, 4.69) is 42.4 Å². The van der Waals surface area contributed by atoms with Crippen molar-refractivity contribution in [1.29, 1.82) is 10.5 Å². The van der Waals surface area contributed by atoms with Crippen LogP contribution >= 0.6 is 43.5 Å². The van der Waals surface area contributed by atoms with E-state index in [-0.39, 0.29) is 5.71 Å². The Kier molecular flexibility index (Phi) is 4.95. The normalized spacial score (nSPS) is 9.06. The van der Waals surface area contributed by atoms with Gasteiger partial charge >= 0.3 is 0 Å². The maximum atomic E-state index is 8.55. The van der Waals surface area contributed by atoms with Crippen molar-refractivity contribution in [2.24, 2.45) is 5.10 Å². The zero-order valence-corrected chi connectivity index (χ0v) is 12.5. The summed E-state index contributed by atoms with van der Waals surface area (Å²) < 4.78 is 1.34. The molecule has 0 radical (unpaired) electrons. The molecule has 0 aromatic heterocycles. The number of hydrogen-bond acceptors (Lipinski definition) is 4. The molecule has 0 heterocycles. The van der Waals surface area contributed by atoms with Crippen LogP contribution in [-0.4, -0.2) is 5.71 Å². The molecule has 1 rings (SSSR count). The van der Waals surface area contributed by atoms with Crippen LogP contribution < -0.4 is 5.43 Å². The average Bonchev–Trinajstić information content (AvgIpc) is 2.31. The molecule has 0 saturated heterocycles. The number of nitrogens with one attached hydrogen (secondary N) is 1. The van der Waals surface area contributed by atoms with Crippen molar-refractivity contribution >= 4 is 54.9 Å². The van der Waals surface area contributed by atoms with E-state index >= 15 is 0 Å².